The van der Waals surface area contributed by atoms with Gasteiger partial charge in [0.15, 0.2) is 11.4 Å². The number of rotatable bonds is 4. The Morgan fingerprint density at radius 2 is 1.95 bits per heavy atom. The second-order valence-electron chi connectivity index (χ2n) is 11.2. The standard InChI is InChI=1S/C30H27N3O8S/c1-37-28(36)40-16-39-25-21(34)9-10-33-24(25)27(35)32-13-29(14-38-15-29)41-26-23(30(26,32)31-33)19-7-4-8-22-20(19)11-17-5-2-3-6-18(17)12-42-22/h2-10,23,26,31H,11-16H2,1H3. The minimum atomic E-state index is -0.963. The van der Waals surface area contributed by atoms with Gasteiger partial charge in [-0.3, -0.25) is 19.7 Å². The summed E-state index contributed by atoms with van der Waals surface area (Å²) < 4.78 is 28.7. The lowest BCUT2D eigenvalue weighted by molar-refractivity contribution is -0.244. The molecule has 0 bridgehead atoms. The first kappa shape index (κ1) is 25.7. The summed E-state index contributed by atoms with van der Waals surface area (Å²) in [5.74, 6) is 0.147. The number of nitrogens with zero attached hydrogens (tertiary/aromatic N) is 2. The molecular formula is C30H27N3O8S. The second kappa shape index (κ2) is 9.25. The van der Waals surface area contributed by atoms with Gasteiger partial charge in [-0.15, -0.1) is 11.8 Å². The van der Waals surface area contributed by atoms with Gasteiger partial charge in [0.25, 0.3) is 5.91 Å². The Kier molecular flexibility index (Phi) is 5.66. The minimum absolute atomic E-state index is 0.0275. The smallest absolute Gasteiger partial charge is 0.451 e. The average Bonchev–Trinajstić information content (AvgIpc) is 3.67. The highest BCUT2D eigenvalue weighted by Gasteiger charge is 2.78. The van der Waals surface area contributed by atoms with Crippen molar-refractivity contribution in [2.75, 3.05) is 39.1 Å². The van der Waals surface area contributed by atoms with Crippen molar-refractivity contribution in [3.63, 3.8) is 0 Å². The topological polar surface area (TPSA) is 118 Å². The number of hydrogen-bond acceptors (Lipinski definition) is 10. The van der Waals surface area contributed by atoms with Crippen LogP contribution in [0.15, 0.2) is 64.4 Å². The zero-order valence-electron chi connectivity index (χ0n) is 22.7. The van der Waals surface area contributed by atoms with Crippen LogP contribution in [0.4, 0.5) is 4.79 Å². The van der Waals surface area contributed by atoms with Crippen LogP contribution in [0.25, 0.3) is 0 Å². The molecule has 3 fully saturated rings. The lowest BCUT2D eigenvalue weighted by atomic mass is 9.94. The van der Waals surface area contributed by atoms with Crippen molar-refractivity contribution < 1.29 is 33.3 Å². The molecule has 1 amide bonds. The third-order valence-corrected chi connectivity index (χ3v) is 9.97. The number of fused-ring (bicyclic) bond motifs is 3. The molecule has 1 N–H and O–H groups in total. The van der Waals surface area contributed by atoms with Crippen LogP contribution in [0.3, 0.4) is 0 Å². The van der Waals surface area contributed by atoms with Gasteiger partial charge in [-0.2, -0.15) is 0 Å². The highest BCUT2D eigenvalue weighted by molar-refractivity contribution is 7.98. The lowest BCUT2D eigenvalue weighted by Gasteiger charge is -2.52. The van der Waals surface area contributed by atoms with Crippen molar-refractivity contribution in [1.29, 1.82) is 0 Å². The van der Waals surface area contributed by atoms with E-state index in [-0.39, 0.29) is 29.4 Å². The first-order valence-corrected chi connectivity index (χ1v) is 14.7. The average molecular weight is 590 g/mol. The van der Waals surface area contributed by atoms with E-state index < -0.39 is 29.6 Å². The summed E-state index contributed by atoms with van der Waals surface area (Å²) in [7, 11) is 1.17. The minimum Gasteiger partial charge on any atom is -0.451 e. The Morgan fingerprint density at radius 1 is 1.12 bits per heavy atom. The van der Waals surface area contributed by atoms with Crippen molar-refractivity contribution in [1.82, 2.24) is 9.58 Å². The van der Waals surface area contributed by atoms with Crippen molar-refractivity contribution in [2.45, 2.75) is 40.4 Å². The molecule has 2 aromatic carbocycles. The van der Waals surface area contributed by atoms with Gasteiger partial charge in [0, 0.05) is 22.9 Å². The highest BCUT2D eigenvalue weighted by atomic mass is 32.2. The summed E-state index contributed by atoms with van der Waals surface area (Å²) in [6.45, 7) is 0.465. The zero-order chi connectivity index (χ0) is 28.6. The summed E-state index contributed by atoms with van der Waals surface area (Å²) in [6, 6.07) is 16.2. The Morgan fingerprint density at radius 3 is 2.74 bits per heavy atom. The van der Waals surface area contributed by atoms with E-state index in [0.717, 1.165) is 17.7 Å². The highest BCUT2D eigenvalue weighted by Crippen LogP contribution is 2.63. The molecule has 0 radical (unpaired) electrons. The number of ether oxygens (including phenoxy) is 5. The quantitative estimate of drug-likeness (QED) is 0.360. The number of thioether (sulfide) groups is 1. The third kappa shape index (κ3) is 3.64. The third-order valence-electron chi connectivity index (χ3n) is 8.82. The van der Waals surface area contributed by atoms with E-state index >= 15 is 0 Å². The molecule has 5 heterocycles. The Hall–Kier alpha value is -4.00. The number of amides is 1. The van der Waals surface area contributed by atoms with Gasteiger partial charge in [0.1, 0.15) is 11.7 Å². The summed E-state index contributed by atoms with van der Waals surface area (Å²) in [5.41, 5.74) is 6.56. The number of morpholine rings is 1. The van der Waals surface area contributed by atoms with Gasteiger partial charge >= 0.3 is 6.16 Å². The summed E-state index contributed by atoms with van der Waals surface area (Å²) >= 11 is 1.83. The first-order chi connectivity index (χ1) is 20.4. The number of aromatic nitrogens is 1. The maximum absolute atomic E-state index is 14.3. The van der Waals surface area contributed by atoms with Crippen LogP contribution in [-0.4, -0.2) is 72.7 Å². The summed E-state index contributed by atoms with van der Waals surface area (Å²) in [4.78, 5) is 41.6. The number of hydrogen-bond donors (Lipinski definition) is 1. The van der Waals surface area contributed by atoms with E-state index in [2.05, 4.69) is 52.6 Å². The number of benzene rings is 2. The number of pyridine rings is 1. The molecule has 12 heteroatoms. The van der Waals surface area contributed by atoms with Crippen molar-refractivity contribution >= 4 is 23.8 Å². The van der Waals surface area contributed by atoms with E-state index in [1.54, 1.807) is 4.90 Å². The zero-order valence-corrected chi connectivity index (χ0v) is 23.5. The van der Waals surface area contributed by atoms with Crippen LogP contribution in [0.5, 0.6) is 5.75 Å². The van der Waals surface area contributed by atoms with Crippen molar-refractivity contribution in [3.8, 4) is 5.75 Å². The van der Waals surface area contributed by atoms with Gasteiger partial charge < -0.3 is 28.6 Å². The summed E-state index contributed by atoms with van der Waals surface area (Å²) in [5, 5.41) is 0. The number of methoxy groups -OCH3 is 1. The van der Waals surface area contributed by atoms with Crippen LogP contribution in [0.1, 0.15) is 38.7 Å². The summed E-state index contributed by atoms with van der Waals surface area (Å²) in [6.07, 6.45) is 1.01. The molecule has 3 aromatic rings. The van der Waals surface area contributed by atoms with E-state index in [1.165, 1.54) is 45.6 Å². The fourth-order valence-corrected chi connectivity index (χ4v) is 7.89. The molecule has 42 heavy (non-hydrogen) atoms. The Labute approximate surface area is 244 Å². The molecule has 2 saturated heterocycles. The van der Waals surface area contributed by atoms with Gasteiger partial charge in [-0.1, -0.05) is 36.4 Å². The van der Waals surface area contributed by atoms with Gasteiger partial charge in [0.05, 0.1) is 32.8 Å². The number of carbonyl (C=O) groups is 2. The predicted octanol–water partition coefficient (Wildman–Crippen LogP) is 2.82. The molecule has 1 aliphatic carbocycles. The fourth-order valence-electron chi connectivity index (χ4n) is 6.75. The molecule has 216 valence electrons. The molecule has 1 aromatic heterocycles. The van der Waals surface area contributed by atoms with E-state index in [4.69, 9.17) is 18.9 Å². The lowest BCUT2D eigenvalue weighted by Crippen LogP contribution is -2.70. The molecule has 4 aliphatic heterocycles. The van der Waals surface area contributed by atoms with Gasteiger partial charge in [-0.05, 0) is 34.7 Å². The molecular weight excluding hydrogens is 562 g/mol. The second-order valence-corrected chi connectivity index (χ2v) is 12.2. The molecule has 3 atom stereocenters. The van der Waals surface area contributed by atoms with Crippen molar-refractivity contribution in [3.05, 3.63) is 92.9 Å². The van der Waals surface area contributed by atoms with Crippen LogP contribution in [0, 0.1) is 0 Å². The molecule has 2 spiro atoms. The Balaban J connectivity index is 1.21. The normalized spacial score (nSPS) is 25.7. The predicted molar refractivity (Wildman–Crippen MR) is 149 cm³/mol. The number of carbonyl (C=O) groups excluding carboxylic acids is 2. The van der Waals surface area contributed by atoms with Crippen LogP contribution < -0.4 is 15.6 Å². The van der Waals surface area contributed by atoms with Crippen LogP contribution >= 0.6 is 11.8 Å². The molecule has 1 saturated carbocycles. The molecule has 3 unspecified atom stereocenters. The largest absolute Gasteiger partial charge is 0.510 e. The first-order valence-electron chi connectivity index (χ1n) is 13.7. The van der Waals surface area contributed by atoms with E-state index in [1.807, 2.05) is 11.8 Å². The maximum Gasteiger partial charge on any atom is 0.510 e. The maximum atomic E-state index is 14.3. The SMILES string of the molecule is COC(=O)OCOc1c2n(ccc1=O)NC13C(OC4(COC4)CN1C2=O)C3c1cccc2c1Cc1ccccc1CS2. The number of nitrogens with one attached hydrogen (secondary N) is 1. The monoisotopic (exact) mass is 589 g/mol. The molecule has 5 aliphatic rings. The van der Waals surface area contributed by atoms with Gasteiger partial charge in [0.2, 0.25) is 18.0 Å². The van der Waals surface area contributed by atoms with Crippen molar-refractivity contribution in [2.24, 2.45) is 0 Å². The fraction of sp³-hybridized carbons (Fsp3) is 0.367. The Bertz CT molecular complexity index is 1700. The van der Waals surface area contributed by atoms with Gasteiger partial charge in [-0.25, -0.2) is 4.79 Å². The van der Waals surface area contributed by atoms with E-state index in [0.29, 0.717) is 19.8 Å². The molecule has 11 nitrogen and oxygen atoms in total. The molecule has 8 rings (SSSR count). The van der Waals surface area contributed by atoms with E-state index in [9.17, 15) is 14.4 Å². The van der Waals surface area contributed by atoms with Crippen LogP contribution in [-0.2, 0) is 31.1 Å². The van der Waals surface area contributed by atoms with Crippen LogP contribution in [0.2, 0.25) is 0 Å².